The highest BCUT2D eigenvalue weighted by Gasteiger charge is 2.09. The number of nitrogens with zero attached hydrogens (tertiary/aromatic N) is 1. The van der Waals surface area contributed by atoms with Crippen LogP contribution in [0.2, 0.25) is 0 Å². The summed E-state index contributed by atoms with van der Waals surface area (Å²) >= 11 is 0. The van der Waals surface area contributed by atoms with Crippen LogP contribution in [0.5, 0.6) is 0 Å². The summed E-state index contributed by atoms with van der Waals surface area (Å²) in [6.45, 7) is 9.32. The van der Waals surface area contributed by atoms with E-state index in [4.69, 9.17) is 0 Å². The van der Waals surface area contributed by atoms with Gasteiger partial charge in [-0.15, -0.1) is 13.2 Å². The Kier molecular flexibility index (Phi) is 8.00. The average molecular weight is 363 g/mol. The zero-order valence-electron chi connectivity index (χ0n) is 15.4. The molecule has 0 saturated carbocycles. The van der Waals surface area contributed by atoms with Crippen molar-refractivity contribution in [2.24, 2.45) is 0 Å². The third kappa shape index (κ3) is 6.92. The van der Waals surface area contributed by atoms with Crippen LogP contribution in [0.15, 0.2) is 79.9 Å². The third-order valence-corrected chi connectivity index (χ3v) is 3.87. The van der Waals surface area contributed by atoms with Crippen molar-refractivity contribution in [1.82, 2.24) is 10.2 Å². The van der Waals surface area contributed by atoms with Gasteiger partial charge in [0.15, 0.2) is 0 Å². The van der Waals surface area contributed by atoms with Crippen molar-refractivity contribution in [3.05, 3.63) is 91.0 Å². The first kappa shape index (κ1) is 20.1. The van der Waals surface area contributed by atoms with Gasteiger partial charge in [-0.25, -0.2) is 0 Å². The van der Waals surface area contributed by atoms with E-state index < -0.39 is 0 Å². The van der Waals surface area contributed by atoms with Crippen molar-refractivity contribution in [2.75, 3.05) is 25.0 Å². The SMILES string of the molecule is C=CCN(CC=C)CC(=O)Nc1ccc(C(=O)NCc2ccccc2)cc1. The smallest absolute Gasteiger partial charge is 0.251 e. The Balaban J connectivity index is 1.86. The van der Waals surface area contributed by atoms with Crippen LogP contribution in [-0.4, -0.2) is 36.3 Å². The molecule has 0 aromatic heterocycles. The first-order chi connectivity index (χ1) is 13.1. The maximum absolute atomic E-state index is 12.2. The van der Waals surface area contributed by atoms with E-state index in [1.54, 1.807) is 36.4 Å². The van der Waals surface area contributed by atoms with E-state index >= 15 is 0 Å². The Morgan fingerprint density at radius 3 is 2.15 bits per heavy atom. The van der Waals surface area contributed by atoms with Gasteiger partial charge in [0.25, 0.3) is 5.91 Å². The van der Waals surface area contributed by atoms with E-state index in [0.717, 1.165) is 5.56 Å². The molecule has 0 atom stereocenters. The van der Waals surface area contributed by atoms with Crippen molar-refractivity contribution < 1.29 is 9.59 Å². The predicted octanol–water partition coefficient (Wildman–Crippen LogP) is 3.23. The predicted molar refractivity (Wildman–Crippen MR) is 110 cm³/mol. The van der Waals surface area contributed by atoms with Gasteiger partial charge >= 0.3 is 0 Å². The number of carbonyl (C=O) groups excluding carboxylic acids is 2. The van der Waals surface area contributed by atoms with Crippen molar-refractivity contribution in [1.29, 1.82) is 0 Å². The maximum atomic E-state index is 12.2. The fourth-order valence-corrected chi connectivity index (χ4v) is 2.56. The summed E-state index contributed by atoms with van der Waals surface area (Å²) in [4.78, 5) is 26.3. The molecular weight excluding hydrogens is 338 g/mol. The molecule has 5 heteroatoms. The van der Waals surface area contributed by atoms with Crippen molar-refractivity contribution in [2.45, 2.75) is 6.54 Å². The summed E-state index contributed by atoms with van der Waals surface area (Å²) in [6.07, 6.45) is 3.50. The van der Waals surface area contributed by atoms with Crippen LogP contribution >= 0.6 is 0 Å². The minimum Gasteiger partial charge on any atom is -0.348 e. The largest absolute Gasteiger partial charge is 0.348 e. The first-order valence-corrected chi connectivity index (χ1v) is 8.78. The number of hydrogen-bond acceptors (Lipinski definition) is 3. The fraction of sp³-hybridized carbons (Fsp3) is 0.182. The van der Waals surface area contributed by atoms with Crippen molar-refractivity contribution in [3.63, 3.8) is 0 Å². The summed E-state index contributed by atoms with van der Waals surface area (Å²) in [6, 6.07) is 16.6. The lowest BCUT2D eigenvalue weighted by molar-refractivity contribution is -0.117. The van der Waals surface area contributed by atoms with E-state index in [1.165, 1.54) is 0 Å². The molecule has 0 spiro atoms. The van der Waals surface area contributed by atoms with E-state index in [2.05, 4.69) is 23.8 Å². The molecule has 0 unspecified atom stereocenters. The van der Waals surface area contributed by atoms with Gasteiger partial charge in [0.1, 0.15) is 0 Å². The minimum absolute atomic E-state index is 0.125. The number of carbonyl (C=O) groups is 2. The van der Waals surface area contributed by atoms with Gasteiger partial charge in [-0.3, -0.25) is 14.5 Å². The fourth-order valence-electron chi connectivity index (χ4n) is 2.56. The number of rotatable bonds is 10. The number of hydrogen-bond donors (Lipinski definition) is 2. The van der Waals surface area contributed by atoms with Crippen LogP contribution in [-0.2, 0) is 11.3 Å². The van der Waals surface area contributed by atoms with Crippen molar-refractivity contribution >= 4 is 17.5 Å². The Hall–Kier alpha value is -3.18. The Labute approximate surface area is 160 Å². The quantitative estimate of drug-likeness (QED) is 0.637. The van der Waals surface area contributed by atoms with Crippen LogP contribution in [0.3, 0.4) is 0 Å². The molecule has 0 radical (unpaired) electrons. The molecule has 0 bridgehead atoms. The molecule has 2 aromatic rings. The maximum Gasteiger partial charge on any atom is 0.251 e. The van der Waals surface area contributed by atoms with Gasteiger partial charge in [-0.05, 0) is 29.8 Å². The summed E-state index contributed by atoms with van der Waals surface area (Å²) in [5.74, 6) is -0.278. The molecule has 27 heavy (non-hydrogen) atoms. The molecule has 2 rings (SSSR count). The molecule has 140 valence electrons. The summed E-state index contributed by atoms with van der Waals surface area (Å²) in [5, 5.41) is 5.71. The minimum atomic E-state index is -0.153. The van der Waals surface area contributed by atoms with Gasteiger partial charge < -0.3 is 10.6 Å². The topological polar surface area (TPSA) is 61.4 Å². The summed E-state index contributed by atoms with van der Waals surface area (Å²) in [7, 11) is 0. The molecule has 0 fully saturated rings. The lowest BCUT2D eigenvalue weighted by atomic mass is 10.1. The van der Waals surface area contributed by atoms with Gasteiger partial charge in [0.05, 0.1) is 6.54 Å². The van der Waals surface area contributed by atoms with E-state index in [0.29, 0.717) is 30.9 Å². The molecular formula is C22H25N3O2. The molecule has 5 nitrogen and oxygen atoms in total. The second kappa shape index (κ2) is 10.7. The first-order valence-electron chi connectivity index (χ1n) is 8.78. The van der Waals surface area contributed by atoms with E-state index in [9.17, 15) is 9.59 Å². The standard InChI is InChI=1S/C22H25N3O2/c1-3-14-25(15-4-2)17-21(26)24-20-12-10-19(11-13-20)22(27)23-16-18-8-6-5-7-9-18/h3-13H,1-2,14-17H2,(H,23,27)(H,24,26). The average Bonchev–Trinajstić information content (AvgIpc) is 2.68. The van der Waals surface area contributed by atoms with Gasteiger partial charge in [-0.1, -0.05) is 42.5 Å². The van der Waals surface area contributed by atoms with Crippen LogP contribution in [0, 0.1) is 0 Å². The number of anilines is 1. The molecule has 2 N–H and O–H groups in total. The van der Waals surface area contributed by atoms with Crippen LogP contribution < -0.4 is 10.6 Å². The summed E-state index contributed by atoms with van der Waals surface area (Å²) < 4.78 is 0. The van der Waals surface area contributed by atoms with Gasteiger partial charge in [-0.2, -0.15) is 0 Å². The van der Waals surface area contributed by atoms with Gasteiger partial charge in [0, 0.05) is 30.9 Å². The zero-order valence-corrected chi connectivity index (χ0v) is 15.4. The van der Waals surface area contributed by atoms with E-state index in [-0.39, 0.29) is 18.4 Å². The zero-order chi connectivity index (χ0) is 19.5. The number of amides is 2. The molecule has 2 amide bonds. The second-order valence-corrected chi connectivity index (χ2v) is 6.07. The molecule has 0 saturated heterocycles. The Bertz CT molecular complexity index is 760. The molecule has 0 aliphatic rings. The van der Waals surface area contributed by atoms with Crippen molar-refractivity contribution in [3.8, 4) is 0 Å². The number of benzene rings is 2. The van der Waals surface area contributed by atoms with E-state index in [1.807, 2.05) is 35.2 Å². The Morgan fingerprint density at radius 2 is 1.56 bits per heavy atom. The van der Waals surface area contributed by atoms with Crippen LogP contribution in [0.1, 0.15) is 15.9 Å². The Morgan fingerprint density at radius 1 is 0.926 bits per heavy atom. The third-order valence-electron chi connectivity index (χ3n) is 3.87. The number of nitrogens with one attached hydrogen (secondary N) is 2. The van der Waals surface area contributed by atoms with Crippen LogP contribution in [0.25, 0.3) is 0 Å². The van der Waals surface area contributed by atoms with Gasteiger partial charge in [0.2, 0.25) is 5.91 Å². The highest BCUT2D eigenvalue weighted by molar-refractivity contribution is 5.96. The normalized spacial score (nSPS) is 10.3. The highest BCUT2D eigenvalue weighted by atomic mass is 16.2. The second-order valence-electron chi connectivity index (χ2n) is 6.07. The molecule has 0 heterocycles. The molecule has 0 aliphatic carbocycles. The molecule has 2 aromatic carbocycles. The summed E-state index contributed by atoms with van der Waals surface area (Å²) in [5.41, 5.74) is 2.24. The molecule has 0 aliphatic heterocycles. The van der Waals surface area contributed by atoms with Crippen LogP contribution in [0.4, 0.5) is 5.69 Å². The lowest BCUT2D eigenvalue weighted by Crippen LogP contribution is -2.33. The highest BCUT2D eigenvalue weighted by Crippen LogP contribution is 2.10. The lowest BCUT2D eigenvalue weighted by Gasteiger charge is -2.18. The monoisotopic (exact) mass is 363 g/mol.